The number of nitrogens with zero attached hydrogens (tertiary/aromatic N) is 2. The Bertz CT molecular complexity index is 382. The van der Waals surface area contributed by atoms with Crippen molar-refractivity contribution in [3.8, 4) is 0 Å². The van der Waals surface area contributed by atoms with Gasteiger partial charge in [-0.15, -0.1) is 0 Å². The molecular weight excluding hydrogens is 258 g/mol. The Balaban J connectivity index is 2.12. The van der Waals surface area contributed by atoms with Gasteiger partial charge in [-0.2, -0.15) is 0 Å². The van der Waals surface area contributed by atoms with Crippen molar-refractivity contribution in [2.24, 2.45) is 0 Å². The molecule has 2 aliphatic heterocycles. The minimum absolute atomic E-state index is 0.126. The Kier molecular flexibility index (Phi) is 4.52. The van der Waals surface area contributed by atoms with Crippen LogP contribution in [0.25, 0.3) is 0 Å². The lowest BCUT2D eigenvalue weighted by molar-refractivity contribution is -0.148. The zero-order valence-electron chi connectivity index (χ0n) is 12.4. The summed E-state index contributed by atoms with van der Waals surface area (Å²) < 4.78 is 0. The Morgan fingerprint density at radius 3 is 2.60 bits per heavy atom. The average Bonchev–Trinajstić information content (AvgIpc) is 2.91. The lowest BCUT2D eigenvalue weighted by Gasteiger charge is -2.40. The van der Waals surface area contributed by atoms with Gasteiger partial charge in [-0.3, -0.25) is 0 Å². The molecule has 2 fully saturated rings. The molecule has 0 aliphatic carbocycles. The average molecular weight is 283 g/mol. The molecule has 0 spiro atoms. The molecule has 114 valence electrons. The number of carboxylic acid groups (broad SMARTS) is 1. The van der Waals surface area contributed by atoms with Crippen molar-refractivity contribution in [3.05, 3.63) is 0 Å². The van der Waals surface area contributed by atoms with E-state index in [1.165, 1.54) is 0 Å². The smallest absolute Gasteiger partial charge is 0.329 e. The number of likely N-dealkylation sites (tertiary alicyclic amines) is 1. The van der Waals surface area contributed by atoms with E-state index < -0.39 is 11.5 Å². The van der Waals surface area contributed by atoms with Gasteiger partial charge in [0.1, 0.15) is 5.54 Å². The van der Waals surface area contributed by atoms with Crippen molar-refractivity contribution >= 4 is 12.0 Å². The van der Waals surface area contributed by atoms with Crippen molar-refractivity contribution in [3.63, 3.8) is 0 Å². The van der Waals surface area contributed by atoms with Gasteiger partial charge in [0.25, 0.3) is 0 Å². The number of urea groups is 1. The molecule has 0 saturated carbocycles. The Morgan fingerprint density at radius 2 is 2.05 bits per heavy atom. The molecule has 20 heavy (non-hydrogen) atoms. The zero-order valence-corrected chi connectivity index (χ0v) is 12.4. The molecule has 2 saturated heterocycles. The molecule has 6 heteroatoms. The maximum atomic E-state index is 12.7. The summed E-state index contributed by atoms with van der Waals surface area (Å²) in [5.74, 6) is -0.871. The van der Waals surface area contributed by atoms with Gasteiger partial charge in [-0.05, 0) is 45.2 Å². The van der Waals surface area contributed by atoms with E-state index in [9.17, 15) is 14.7 Å². The van der Waals surface area contributed by atoms with Crippen molar-refractivity contribution in [2.45, 2.75) is 50.6 Å². The van der Waals surface area contributed by atoms with Gasteiger partial charge in [0, 0.05) is 19.6 Å². The minimum Gasteiger partial charge on any atom is -0.479 e. The van der Waals surface area contributed by atoms with E-state index in [1.807, 2.05) is 6.92 Å². The summed E-state index contributed by atoms with van der Waals surface area (Å²) in [7, 11) is 1.80. The molecule has 6 nitrogen and oxygen atoms in total. The van der Waals surface area contributed by atoms with Gasteiger partial charge < -0.3 is 20.2 Å². The van der Waals surface area contributed by atoms with E-state index in [0.29, 0.717) is 19.4 Å². The molecule has 2 rings (SSSR count). The van der Waals surface area contributed by atoms with Gasteiger partial charge >= 0.3 is 12.0 Å². The number of aliphatic carboxylic acids is 1. The molecule has 1 atom stereocenters. The second-order valence-corrected chi connectivity index (χ2v) is 5.82. The first-order chi connectivity index (χ1) is 9.53. The van der Waals surface area contributed by atoms with Crippen LogP contribution in [0, 0.1) is 0 Å². The minimum atomic E-state index is -1.00. The molecule has 2 amide bonds. The summed E-state index contributed by atoms with van der Waals surface area (Å²) in [4.78, 5) is 27.7. The maximum absolute atomic E-state index is 12.7. The molecule has 0 aromatic heterocycles. The Labute approximate surface area is 120 Å². The Morgan fingerprint density at radius 1 is 1.40 bits per heavy atom. The second kappa shape index (κ2) is 5.99. The van der Waals surface area contributed by atoms with Crippen molar-refractivity contribution < 1.29 is 14.7 Å². The highest BCUT2D eigenvalue weighted by atomic mass is 16.4. The summed E-state index contributed by atoms with van der Waals surface area (Å²) in [6.45, 7) is 4.23. The number of hydrogen-bond donors (Lipinski definition) is 2. The number of hydrogen-bond acceptors (Lipinski definition) is 3. The summed E-state index contributed by atoms with van der Waals surface area (Å²) in [6, 6.07) is 0.0892. The predicted octanol–water partition coefficient (Wildman–Crippen LogP) is 1.12. The highest BCUT2D eigenvalue weighted by Crippen LogP contribution is 2.34. The number of carboxylic acids is 1. The second-order valence-electron chi connectivity index (χ2n) is 5.82. The number of carbonyl (C=O) groups is 2. The first-order valence-corrected chi connectivity index (χ1v) is 7.51. The third kappa shape index (κ3) is 2.49. The summed E-state index contributed by atoms with van der Waals surface area (Å²) in [5.41, 5.74) is -1.00. The van der Waals surface area contributed by atoms with Crippen LogP contribution in [0.15, 0.2) is 0 Å². The SMILES string of the molecule is CCC1(C(=O)O)CCCN1C(=O)N(C)C1CCNCC1. The summed E-state index contributed by atoms with van der Waals surface area (Å²) in [6.07, 6.45) is 3.66. The van der Waals surface area contributed by atoms with Crippen LogP contribution in [0.1, 0.15) is 39.0 Å². The van der Waals surface area contributed by atoms with Crippen LogP contribution < -0.4 is 5.32 Å². The third-order valence-corrected chi connectivity index (χ3v) is 4.86. The van der Waals surface area contributed by atoms with E-state index in [4.69, 9.17) is 0 Å². The molecule has 2 aliphatic rings. The van der Waals surface area contributed by atoms with E-state index in [1.54, 1.807) is 16.8 Å². The summed E-state index contributed by atoms with van der Waals surface area (Å²) >= 11 is 0. The van der Waals surface area contributed by atoms with Crippen LogP contribution in [0.3, 0.4) is 0 Å². The van der Waals surface area contributed by atoms with E-state index in [-0.39, 0.29) is 12.1 Å². The van der Waals surface area contributed by atoms with Gasteiger partial charge in [-0.1, -0.05) is 6.92 Å². The van der Waals surface area contributed by atoms with Crippen LogP contribution in [-0.2, 0) is 4.79 Å². The lowest BCUT2D eigenvalue weighted by atomic mass is 9.93. The molecule has 0 bridgehead atoms. The van der Waals surface area contributed by atoms with Crippen molar-refractivity contribution in [2.75, 3.05) is 26.7 Å². The van der Waals surface area contributed by atoms with E-state index in [0.717, 1.165) is 32.4 Å². The first kappa shape index (κ1) is 15.1. The Hall–Kier alpha value is -1.30. The lowest BCUT2D eigenvalue weighted by Crippen LogP contribution is -2.58. The normalized spacial score (nSPS) is 27.6. The predicted molar refractivity (Wildman–Crippen MR) is 75.6 cm³/mol. The van der Waals surface area contributed by atoms with E-state index in [2.05, 4.69) is 5.32 Å². The maximum Gasteiger partial charge on any atom is 0.329 e. The van der Waals surface area contributed by atoms with Crippen LogP contribution in [0.5, 0.6) is 0 Å². The molecule has 2 heterocycles. The standard InChI is InChI=1S/C14H25N3O3/c1-3-14(12(18)19)7-4-10-17(14)13(20)16(2)11-5-8-15-9-6-11/h11,15H,3-10H2,1-2H3,(H,18,19). The van der Waals surface area contributed by atoms with E-state index >= 15 is 0 Å². The zero-order chi connectivity index (χ0) is 14.8. The topological polar surface area (TPSA) is 72.9 Å². The number of carbonyl (C=O) groups excluding carboxylic acids is 1. The molecular formula is C14H25N3O3. The molecule has 2 N–H and O–H groups in total. The largest absolute Gasteiger partial charge is 0.479 e. The van der Waals surface area contributed by atoms with Gasteiger partial charge in [0.2, 0.25) is 0 Å². The van der Waals surface area contributed by atoms with Crippen LogP contribution in [0.2, 0.25) is 0 Å². The van der Waals surface area contributed by atoms with Gasteiger partial charge in [-0.25, -0.2) is 9.59 Å². The van der Waals surface area contributed by atoms with Gasteiger partial charge in [0.05, 0.1) is 0 Å². The fourth-order valence-corrected chi connectivity index (χ4v) is 3.44. The quantitative estimate of drug-likeness (QED) is 0.814. The number of rotatable bonds is 3. The van der Waals surface area contributed by atoms with Gasteiger partial charge in [0.15, 0.2) is 0 Å². The number of nitrogens with one attached hydrogen (secondary N) is 1. The van der Waals surface area contributed by atoms with Crippen molar-refractivity contribution in [1.29, 1.82) is 0 Å². The monoisotopic (exact) mass is 283 g/mol. The first-order valence-electron chi connectivity index (χ1n) is 7.51. The fraction of sp³-hybridized carbons (Fsp3) is 0.857. The highest BCUT2D eigenvalue weighted by Gasteiger charge is 2.49. The van der Waals surface area contributed by atoms with Crippen molar-refractivity contribution in [1.82, 2.24) is 15.1 Å². The fourth-order valence-electron chi connectivity index (χ4n) is 3.44. The molecule has 0 aromatic rings. The highest BCUT2D eigenvalue weighted by molar-refractivity contribution is 5.87. The van der Waals surface area contributed by atoms with Crippen LogP contribution in [-0.4, -0.2) is 65.2 Å². The molecule has 1 unspecified atom stereocenters. The third-order valence-electron chi connectivity index (χ3n) is 4.86. The summed E-state index contributed by atoms with van der Waals surface area (Å²) in [5, 5.41) is 12.8. The molecule has 0 radical (unpaired) electrons. The molecule has 0 aromatic carbocycles. The van der Waals surface area contributed by atoms with Crippen LogP contribution in [0.4, 0.5) is 4.79 Å². The number of piperidine rings is 1. The number of amides is 2. The van der Waals surface area contributed by atoms with Crippen LogP contribution >= 0.6 is 0 Å².